The number of carbonyl (C=O) groups excluding carboxylic acids is 1. The van der Waals surface area contributed by atoms with Crippen molar-refractivity contribution in [1.82, 2.24) is 0 Å². The van der Waals surface area contributed by atoms with Crippen LogP contribution in [0.2, 0.25) is 0 Å². The molecular weight excluding hydrogens is 564 g/mol. The number of rotatable bonds is 5. The highest BCUT2D eigenvalue weighted by Gasteiger charge is 2.71. The molecule has 10 unspecified atom stereocenters. The van der Waals surface area contributed by atoms with Crippen LogP contribution in [0.3, 0.4) is 0 Å². The third-order valence-electron chi connectivity index (χ3n) is 14.8. The lowest BCUT2D eigenvalue weighted by Crippen LogP contribution is -2.67. The monoisotopic (exact) mass is 618 g/mol. The lowest BCUT2D eigenvalue weighted by molar-refractivity contribution is -0.218. The molecule has 0 radical (unpaired) electrons. The second-order valence-corrected chi connectivity index (χ2v) is 16.8. The van der Waals surface area contributed by atoms with Crippen molar-refractivity contribution in [2.75, 3.05) is 6.61 Å². The summed E-state index contributed by atoms with van der Waals surface area (Å²) in [6, 6.07) is 6.70. The number of aliphatic carboxylic acids is 1. The number of fused-ring (bicyclic) bond motifs is 7. The first-order chi connectivity index (χ1) is 21.1. The minimum atomic E-state index is -0.773. The first kappa shape index (κ1) is 32.3. The molecule has 6 heteroatoms. The van der Waals surface area contributed by atoms with Crippen LogP contribution in [0.15, 0.2) is 42.0 Å². The van der Waals surface area contributed by atoms with Crippen molar-refractivity contribution in [2.24, 2.45) is 56.7 Å². The average Bonchev–Trinajstić information content (AvgIpc) is 2.99. The van der Waals surface area contributed by atoms with Crippen LogP contribution < -0.4 is 0 Å². The van der Waals surface area contributed by atoms with Crippen LogP contribution in [0.5, 0.6) is 5.75 Å². The van der Waals surface area contributed by atoms with Gasteiger partial charge in [-0.3, -0.25) is 4.79 Å². The number of aromatic hydroxyl groups is 1. The molecule has 0 spiro atoms. The molecule has 3 N–H and O–H groups in total. The van der Waals surface area contributed by atoms with Gasteiger partial charge in [0.1, 0.15) is 12.4 Å². The second kappa shape index (κ2) is 11.0. The highest BCUT2D eigenvalue weighted by Crippen LogP contribution is 2.76. The lowest BCUT2D eigenvalue weighted by atomic mass is 9.33. The Morgan fingerprint density at radius 1 is 0.933 bits per heavy atom. The number of phenols is 1. The molecule has 4 saturated carbocycles. The van der Waals surface area contributed by atoms with Gasteiger partial charge in [0.05, 0.1) is 11.5 Å². The topological polar surface area (TPSA) is 104 Å². The summed E-state index contributed by atoms with van der Waals surface area (Å²) in [5.41, 5.74) is 0.520. The SMILES string of the molecule is CC1CCC2(C(=O)O)CCC3(COC(=O)/C=C/c4ccc(O)cc4)C(=CCC4C5(C)CCC(O)C(C)(C)C5CCC43C)C2C1C. The van der Waals surface area contributed by atoms with Crippen molar-refractivity contribution in [3.8, 4) is 5.75 Å². The summed E-state index contributed by atoms with van der Waals surface area (Å²) in [5.74, 6) is 0.422. The second-order valence-electron chi connectivity index (χ2n) is 16.8. The Morgan fingerprint density at radius 2 is 1.64 bits per heavy atom. The summed E-state index contributed by atoms with van der Waals surface area (Å²) < 4.78 is 6.26. The molecule has 0 amide bonds. The Bertz CT molecular complexity index is 1390. The van der Waals surface area contributed by atoms with Crippen LogP contribution >= 0.6 is 0 Å². The molecule has 0 bridgehead atoms. The molecule has 0 aromatic heterocycles. The highest BCUT2D eigenvalue weighted by molar-refractivity contribution is 5.87. The van der Waals surface area contributed by atoms with E-state index in [-0.39, 0.29) is 46.5 Å². The zero-order valence-corrected chi connectivity index (χ0v) is 28.1. The number of benzene rings is 1. The first-order valence-corrected chi connectivity index (χ1v) is 17.4. The number of phenolic OH excluding ortho intramolecular Hbond substituents is 1. The molecule has 45 heavy (non-hydrogen) atoms. The predicted molar refractivity (Wildman–Crippen MR) is 175 cm³/mol. The van der Waals surface area contributed by atoms with Crippen molar-refractivity contribution in [1.29, 1.82) is 0 Å². The van der Waals surface area contributed by atoms with E-state index < -0.39 is 22.8 Å². The summed E-state index contributed by atoms with van der Waals surface area (Å²) in [6.07, 6.45) is 12.9. The number of aliphatic hydroxyl groups excluding tert-OH is 1. The Labute approximate surface area is 269 Å². The third-order valence-corrected chi connectivity index (χ3v) is 14.8. The molecule has 1 aromatic carbocycles. The van der Waals surface area contributed by atoms with E-state index in [0.29, 0.717) is 37.0 Å². The highest BCUT2D eigenvalue weighted by atomic mass is 16.5. The van der Waals surface area contributed by atoms with E-state index in [0.717, 1.165) is 44.1 Å². The molecule has 6 rings (SSSR count). The van der Waals surface area contributed by atoms with Crippen LogP contribution in [0.1, 0.15) is 105 Å². The van der Waals surface area contributed by atoms with Gasteiger partial charge in [-0.05, 0) is 127 Å². The van der Waals surface area contributed by atoms with Gasteiger partial charge < -0.3 is 20.1 Å². The fourth-order valence-electron chi connectivity index (χ4n) is 12.0. The van der Waals surface area contributed by atoms with Crippen molar-refractivity contribution in [3.05, 3.63) is 47.6 Å². The van der Waals surface area contributed by atoms with Gasteiger partial charge in [0, 0.05) is 11.5 Å². The van der Waals surface area contributed by atoms with Gasteiger partial charge in [-0.1, -0.05) is 65.3 Å². The zero-order valence-electron chi connectivity index (χ0n) is 28.1. The van der Waals surface area contributed by atoms with Gasteiger partial charge in [0.25, 0.3) is 0 Å². The molecule has 0 heterocycles. The number of hydrogen-bond donors (Lipinski definition) is 3. The van der Waals surface area contributed by atoms with Gasteiger partial charge in [0.2, 0.25) is 0 Å². The number of carboxylic acid groups (broad SMARTS) is 1. The number of esters is 1. The van der Waals surface area contributed by atoms with Gasteiger partial charge in [-0.15, -0.1) is 0 Å². The van der Waals surface area contributed by atoms with Crippen LogP contribution in [0.25, 0.3) is 6.08 Å². The summed E-state index contributed by atoms with van der Waals surface area (Å²) in [6.45, 7) is 14.2. The van der Waals surface area contributed by atoms with E-state index in [4.69, 9.17) is 4.74 Å². The van der Waals surface area contributed by atoms with Crippen LogP contribution in [-0.2, 0) is 14.3 Å². The maximum absolute atomic E-state index is 13.3. The van der Waals surface area contributed by atoms with Crippen LogP contribution in [0.4, 0.5) is 0 Å². The van der Waals surface area contributed by atoms with Crippen molar-refractivity contribution >= 4 is 18.0 Å². The van der Waals surface area contributed by atoms with E-state index in [9.17, 15) is 24.9 Å². The first-order valence-electron chi connectivity index (χ1n) is 17.4. The van der Waals surface area contributed by atoms with E-state index in [1.807, 2.05) is 0 Å². The van der Waals surface area contributed by atoms with Crippen LogP contribution in [-0.4, -0.2) is 40.0 Å². The van der Waals surface area contributed by atoms with Gasteiger partial charge in [0.15, 0.2) is 0 Å². The maximum atomic E-state index is 13.3. The third kappa shape index (κ3) is 4.66. The Balaban J connectivity index is 1.42. The maximum Gasteiger partial charge on any atom is 0.330 e. The fourth-order valence-corrected chi connectivity index (χ4v) is 12.0. The molecule has 1 aromatic rings. The Hall–Kier alpha value is -2.60. The van der Waals surface area contributed by atoms with E-state index in [1.165, 1.54) is 11.6 Å². The van der Waals surface area contributed by atoms with Gasteiger partial charge >= 0.3 is 11.9 Å². The summed E-state index contributed by atoms with van der Waals surface area (Å²) in [7, 11) is 0. The molecule has 5 aliphatic rings. The molecule has 6 nitrogen and oxygen atoms in total. The standard InChI is InChI=1S/C39H54O6/c1-24-15-20-38(34(43)44)21-22-39(23-45-32(42)14-9-26-7-10-27(40)11-8-26)28(33(38)25(24)2)12-13-30-36(5)18-17-31(41)35(3,4)29(36)16-19-37(30,39)6/h7-12,14,24-25,29-31,33,40-41H,13,15-23H2,1-6H3,(H,43,44)/b14-9+. The number of carbonyl (C=O) groups is 2. The van der Waals surface area contributed by atoms with Gasteiger partial charge in [-0.25, -0.2) is 4.79 Å². The molecular formula is C39H54O6. The number of hydrogen-bond acceptors (Lipinski definition) is 5. The zero-order chi connectivity index (χ0) is 32.6. The molecule has 5 aliphatic carbocycles. The van der Waals surface area contributed by atoms with Crippen molar-refractivity contribution < 1.29 is 29.6 Å². The van der Waals surface area contributed by atoms with Crippen molar-refractivity contribution in [3.63, 3.8) is 0 Å². The largest absolute Gasteiger partial charge is 0.508 e. The minimum absolute atomic E-state index is 0.0281. The molecule has 10 atom stereocenters. The van der Waals surface area contributed by atoms with Crippen molar-refractivity contribution in [2.45, 2.75) is 105 Å². The fraction of sp³-hybridized carbons (Fsp3) is 0.692. The molecule has 4 fully saturated rings. The van der Waals surface area contributed by atoms with E-state index >= 15 is 0 Å². The summed E-state index contributed by atoms with van der Waals surface area (Å²) in [4.78, 5) is 26.5. The Morgan fingerprint density at radius 3 is 2.33 bits per heavy atom. The van der Waals surface area contributed by atoms with E-state index in [2.05, 4.69) is 47.6 Å². The number of ether oxygens (including phenoxy) is 1. The number of allylic oxidation sites excluding steroid dienone is 1. The average molecular weight is 619 g/mol. The number of aliphatic hydroxyl groups is 1. The normalized spacial score (nSPS) is 43.7. The molecule has 0 saturated heterocycles. The van der Waals surface area contributed by atoms with Crippen LogP contribution in [0, 0.1) is 56.7 Å². The van der Waals surface area contributed by atoms with Gasteiger partial charge in [-0.2, -0.15) is 0 Å². The summed E-state index contributed by atoms with van der Waals surface area (Å²) >= 11 is 0. The summed E-state index contributed by atoms with van der Waals surface area (Å²) in [5, 5.41) is 31.6. The lowest BCUT2D eigenvalue weighted by Gasteiger charge is -2.71. The molecule has 0 aliphatic heterocycles. The van der Waals surface area contributed by atoms with E-state index in [1.54, 1.807) is 30.3 Å². The minimum Gasteiger partial charge on any atom is -0.508 e. The quantitative estimate of drug-likeness (QED) is 0.175. The smallest absolute Gasteiger partial charge is 0.330 e. The number of carboxylic acids is 1. The molecule has 246 valence electrons. The predicted octanol–water partition coefficient (Wildman–Crippen LogP) is 8.03. The Kier molecular flexibility index (Phi) is 7.90.